The molecule has 1 atom stereocenters. The molecule has 1 N–H and O–H groups in total. The van der Waals surface area contributed by atoms with Crippen molar-refractivity contribution in [1.29, 1.82) is 0 Å². The molecule has 5 heteroatoms. The van der Waals surface area contributed by atoms with Gasteiger partial charge in [-0.05, 0) is 19.8 Å². The van der Waals surface area contributed by atoms with Gasteiger partial charge in [0.25, 0.3) is 0 Å². The molecule has 2 amide bonds. The highest BCUT2D eigenvalue weighted by Gasteiger charge is 2.31. The monoisotopic (exact) mass is 198 g/mol. The lowest BCUT2D eigenvalue weighted by Gasteiger charge is -2.22. The topological polar surface area (TPSA) is 66.5 Å². The van der Waals surface area contributed by atoms with Crippen LogP contribution in [-0.2, 0) is 14.4 Å². The highest BCUT2D eigenvalue weighted by Crippen LogP contribution is 2.17. The van der Waals surface area contributed by atoms with Crippen LogP contribution in [0, 0.1) is 0 Å². The first kappa shape index (κ1) is 10.7. The molecule has 0 bridgehead atoms. The van der Waals surface area contributed by atoms with Crippen LogP contribution >= 0.6 is 0 Å². The van der Waals surface area contributed by atoms with Gasteiger partial charge >= 0.3 is 0 Å². The van der Waals surface area contributed by atoms with Gasteiger partial charge in [0.05, 0.1) is 12.6 Å². The molecule has 0 aromatic rings. The van der Waals surface area contributed by atoms with E-state index in [0.717, 1.165) is 12.8 Å². The number of ketones is 1. The summed E-state index contributed by atoms with van der Waals surface area (Å²) < 4.78 is 0. The SMILES string of the molecule is CC(=O)C1CCCN1C(=O)CNC=O. The maximum atomic E-state index is 11.5. The lowest BCUT2D eigenvalue weighted by atomic mass is 10.1. The zero-order chi connectivity index (χ0) is 10.6. The summed E-state index contributed by atoms with van der Waals surface area (Å²) >= 11 is 0. The van der Waals surface area contributed by atoms with E-state index in [1.165, 1.54) is 6.92 Å². The number of nitrogens with zero attached hydrogens (tertiary/aromatic N) is 1. The molecule has 5 nitrogen and oxygen atoms in total. The third kappa shape index (κ3) is 2.31. The van der Waals surface area contributed by atoms with Crippen LogP contribution in [0.25, 0.3) is 0 Å². The molecule has 1 heterocycles. The van der Waals surface area contributed by atoms with E-state index in [4.69, 9.17) is 0 Å². The van der Waals surface area contributed by atoms with Crippen molar-refractivity contribution >= 4 is 18.1 Å². The summed E-state index contributed by atoms with van der Waals surface area (Å²) in [6.45, 7) is 2.08. The van der Waals surface area contributed by atoms with E-state index in [1.807, 2.05) is 0 Å². The number of rotatable bonds is 4. The largest absolute Gasteiger partial charge is 0.350 e. The van der Waals surface area contributed by atoms with Crippen molar-refractivity contribution in [3.63, 3.8) is 0 Å². The van der Waals surface area contributed by atoms with Crippen molar-refractivity contribution < 1.29 is 14.4 Å². The van der Waals surface area contributed by atoms with Crippen LogP contribution in [0.5, 0.6) is 0 Å². The molecule has 14 heavy (non-hydrogen) atoms. The highest BCUT2D eigenvalue weighted by molar-refractivity contribution is 5.89. The summed E-state index contributed by atoms with van der Waals surface area (Å²) in [6, 6.07) is -0.282. The van der Waals surface area contributed by atoms with Crippen molar-refractivity contribution in [1.82, 2.24) is 10.2 Å². The summed E-state index contributed by atoms with van der Waals surface area (Å²) in [6.07, 6.45) is 2.08. The number of carbonyl (C=O) groups excluding carboxylic acids is 3. The first-order valence-corrected chi connectivity index (χ1v) is 4.63. The van der Waals surface area contributed by atoms with Gasteiger partial charge < -0.3 is 10.2 Å². The number of likely N-dealkylation sites (tertiary alicyclic amines) is 1. The Kier molecular flexibility index (Phi) is 3.62. The second-order valence-electron chi connectivity index (χ2n) is 3.35. The van der Waals surface area contributed by atoms with Crippen molar-refractivity contribution in [2.45, 2.75) is 25.8 Å². The Morgan fingerprint density at radius 1 is 1.57 bits per heavy atom. The van der Waals surface area contributed by atoms with E-state index < -0.39 is 0 Å². The minimum atomic E-state index is -0.282. The molecule has 1 aliphatic rings. The number of nitrogens with one attached hydrogen (secondary N) is 1. The summed E-state index contributed by atoms with van der Waals surface area (Å²) in [7, 11) is 0. The van der Waals surface area contributed by atoms with E-state index >= 15 is 0 Å². The molecule has 1 unspecified atom stereocenters. The van der Waals surface area contributed by atoms with Crippen LogP contribution in [0.3, 0.4) is 0 Å². The Labute approximate surface area is 82.4 Å². The molecule has 0 radical (unpaired) electrons. The second kappa shape index (κ2) is 4.74. The smallest absolute Gasteiger partial charge is 0.242 e. The summed E-state index contributed by atoms with van der Waals surface area (Å²) in [5.41, 5.74) is 0. The average Bonchev–Trinajstić information content (AvgIpc) is 2.62. The summed E-state index contributed by atoms with van der Waals surface area (Å²) in [4.78, 5) is 34.2. The second-order valence-corrected chi connectivity index (χ2v) is 3.35. The van der Waals surface area contributed by atoms with Crippen LogP contribution < -0.4 is 5.32 Å². The van der Waals surface area contributed by atoms with Crippen LogP contribution in [0.1, 0.15) is 19.8 Å². The quantitative estimate of drug-likeness (QED) is 0.608. The minimum Gasteiger partial charge on any atom is -0.350 e. The van der Waals surface area contributed by atoms with Gasteiger partial charge in [-0.1, -0.05) is 0 Å². The fraction of sp³-hybridized carbons (Fsp3) is 0.667. The number of amides is 2. The van der Waals surface area contributed by atoms with Crippen LogP contribution in [-0.4, -0.2) is 42.1 Å². The molecule has 1 saturated heterocycles. The Hall–Kier alpha value is -1.39. The first-order chi connectivity index (χ1) is 6.66. The van der Waals surface area contributed by atoms with Gasteiger partial charge in [-0.15, -0.1) is 0 Å². The molecule has 0 spiro atoms. The van der Waals surface area contributed by atoms with Crippen LogP contribution in [0.15, 0.2) is 0 Å². The Morgan fingerprint density at radius 3 is 2.86 bits per heavy atom. The molecule has 0 aromatic carbocycles. The predicted molar refractivity (Wildman–Crippen MR) is 49.5 cm³/mol. The highest BCUT2D eigenvalue weighted by atomic mass is 16.2. The van der Waals surface area contributed by atoms with E-state index in [2.05, 4.69) is 5.32 Å². The maximum absolute atomic E-state index is 11.5. The van der Waals surface area contributed by atoms with Gasteiger partial charge in [0.15, 0.2) is 5.78 Å². The number of hydrogen-bond acceptors (Lipinski definition) is 3. The van der Waals surface area contributed by atoms with Crippen molar-refractivity contribution in [3.05, 3.63) is 0 Å². The summed E-state index contributed by atoms with van der Waals surface area (Å²) in [5, 5.41) is 2.30. The molecule has 1 fully saturated rings. The van der Waals surface area contributed by atoms with Crippen molar-refractivity contribution in [2.24, 2.45) is 0 Å². The molecule has 0 aliphatic carbocycles. The average molecular weight is 198 g/mol. The van der Waals surface area contributed by atoms with E-state index in [1.54, 1.807) is 4.90 Å². The van der Waals surface area contributed by atoms with Crippen LogP contribution in [0.2, 0.25) is 0 Å². The standard InChI is InChI=1S/C9H14N2O3/c1-7(13)8-3-2-4-11(8)9(14)5-10-6-12/h6,8H,2-5H2,1H3,(H,10,12). The van der Waals surface area contributed by atoms with Gasteiger partial charge in [-0.25, -0.2) is 0 Å². The Balaban J connectivity index is 2.53. The van der Waals surface area contributed by atoms with Crippen LogP contribution in [0.4, 0.5) is 0 Å². The van der Waals surface area contributed by atoms with Gasteiger partial charge in [0.2, 0.25) is 12.3 Å². The molecule has 0 saturated carbocycles. The maximum Gasteiger partial charge on any atom is 0.242 e. The number of hydrogen-bond donors (Lipinski definition) is 1. The Bertz CT molecular complexity index is 252. The third-order valence-corrected chi connectivity index (χ3v) is 2.38. The van der Waals surface area contributed by atoms with Gasteiger partial charge in [0, 0.05) is 6.54 Å². The van der Waals surface area contributed by atoms with Crippen molar-refractivity contribution in [3.8, 4) is 0 Å². The van der Waals surface area contributed by atoms with Crippen molar-refractivity contribution in [2.75, 3.05) is 13.1 Å². The minimum absolute atomic E-state index is 0.0157. The molecule has 1 rings (SSSR count). The first-order valence-electron chi connectivity index (χ1n) is 4.63. The third-order valence-electron chi connectivity index (χ3n) is 2.38. The van der Waals surface area contributed by atoms with E-state index in [-0.39, 0.29) is 24.3 Å². The fourth-order valence-corrected chi connectivity index (χ4v) is 1.72. The molecule has 1 aliphatic heterocycles. The van der Waals surface area contributed by atoms with E-state index in [9.17, 15) is 14.4 Å². The van der Waals surface area contributed by atoms with Gasteiger partial charge in [0.1, 0.15) is 0 Å². The zero-order valence-electron chi connectivity index (χ0n) is 8.16. The lowest BCUT2D eigenvalue weighted by Crippen LogP contribution is -2.43. The van der Waals surface area contributed by atoms with Gasteiger partial charge in [-0.3, -0.25) is 14.4 Å². The molecule has 0 aromatic heterocycles. The van der Waals surface area contributed by atoms with Gasteiger partial charge in [-0.2, -0.15) is 0 Å². The number of Topliss-reactive ketones (excluding diaryl/α,β-unsaturated/α-hetero) is 1. The fourth-order valence-electron chi connectivity index (χ4n) is 1.72. The lowest BCUT2D eigenvalue weighted by molar-refractivity contribution is -0.136. The molecular formula is C9H14N2O3. The normalized spacial score (nSPS) is 20.6. The zero-order valence-corrected chi connectivity index (χ0v) is 8.16. The predicted octanol–water partition coefficient (Wildman–Crippen LogP) is -0.688. The van der Waals surface area contributed by atoms with E-state index in [0.29, 0.717) is 13.0 Å². The Morgan fingerprint density at radius 2 is 2.29 bits per heavy atom. The summed E-state index contributed by atoms with van der Waals surface area (Å²) in [5.74, 6) is -0.170. The number of carbonyl (C=O) groups is 3. The molecular weight excluding hydrogens is 184 g/mol. The molecule has 78 valence electrons.